The molecule has 0 aromatic heterocycles. The third kappa shape index (κ3) is 18.3. The van der Waals surface area contributed by atoms with Gasteiger partial charge in [-0.3, -0.25) is 9.80 Å². The molecule has 0 heterocycles. The number of hydrogen-bond acceptors (Lipinski definition) is 4. The van der Waals surface area contributed by atoms with Gasteiger partial charge in [-0.1, -0.05) is 153 Å². The third-order valence-electron chi connectivity index (χ3n) is 8.64. The molecule has 4 heteroatoms. The van der Waals surface area contributed by atoms with Crippen molar-refractivity contribution in [3.8, 4) is 11.1 Å². The van der Waals surface area contributed by atoms with Crippen molar-refractivity contribution in [1.29, 1.82) is 0 Å². The number of ether oxygens (including phenoxy) is 2. The normalized spacial score (nSPS) is 11.7. The molecular formula is C40H68N2O2. The van der Waals surface area contributed by atoms with Crippen molar-refractivity contribution in [3.63, 3.8) is 0 Å². The van der Waals surface area contributed by atoms with Crippen molar-refractivity contribution >= 4 is 0 Å². The number of hydrogen-bond donors (Lipinski definition) is 0. The van der Waals surface area contributed by atoms with E-state index in [4.69, 9.17) is 9.47 Å². The maximum atomic E-state index is 6.16. The Kier molecular flexibility index (Phi) is 23.2. The van der Waals surface area contributed by atoms with Crippen molar-refractivity contribution in [2.45, 2.75) is 144 Å². The summed E-state index contributed by atoms with van der Waals surface area (Å²) in [5.74, 6) is 0. The zero-order valence-corrected chi connectivity index (χ0v) is 29.3. The lowest BCUT2D eigenvalue weighted by Gasteiger charge is -2.22. The van der Waals surface area contributed by atoms with E-state index in [1.165, 1.54) is 125 Å². The number of rotatable bonds is 29. The molecule has 0 amide bonds. The molecular weight excluding hydrogens is 540 g/mol. The summed E-state index contributed by atoms with van der Waals surface area (Å²) in [4.78, 5) is 5.00. The Balaban J connectivity index is 1.73. The van der Waals surface area contributed by atoms with Crippen LogP contribution < -0.4 is 0 Å². The highest BCUT2D eigenvalue weighted by Crippen LogP contribution is 2.21. The molecule has 0 atom stereocenters. The third-order valence-corrected chi connectivity index (χ3v) is 8.64. The highest BCUT2D eigenvalue weighted by molar-refractivity contribution is 5.63. The van der Waals surface area contributed by atoms with Gasteiger partial charge in [-0.2, -0.15) is 0 Å². The van der Waals surface area contributed by atoms with Crippen LogP contribution in [0.15, 0.2) is 48.5 Å². The number of nitrogens with zero attached hydrogens (tertiary/aromatic N) is 2. The van der Waals surface area contributed by atoms with Gasteiger partial charge in [0.2, 0.25) is 0 Å². The van der Waals surface area contributed by atoms with Gasteiger partial charge in [0.05, 0.1) is 26.7 Å². The van der Waals surface area contributed by atoms with E-state index < -0.39 is 0 Å². The largest absolute Gasteiger partial charge is 0.361 e. The van der Waals surface area contributed by atoms with Gasteiger partial charge in [-0.05, 0) is 47.9 Å². The molecule has 2 aromatic rings. The van der Waals surface area contributed by atoms with Gasteiger partial charge in [-0.15, -0.1) is 0 Å². The molecule has 0 fully saturated rings. The van der Waals surface area contributed by atoms with Crippen LogP contribution in [0.1, 0.15) is 142 Å². The smallest absolute Gasteiger partial charge is 0.0994 e. The van der Waals surface area contributed by atoms with Crippen LogP contribution >= 0.6 is 0 Å². The van der Waals surface area contributed by atoms with Gasteiger partial charge in [0.1, 0.15) is 0 Å². The summed E-state index contributed by atoms with van der Waals surface area (Å²) < 4.78 is 12.3. The van der Waals surface area contributed by atoms with E-state index in [1.54, 1.807) is 0 Å². The minimum atomic E-state index is 0.670. The summed E-state index contributed by atoms with van der Waals surface area (Å²) in [6, 6.07) is 17.8. The van der Waals surface area contributed by atoms with Crippen molar-refractivity contribution < 1.29 is 9.47 Å². The van der Waals surface area contributed by atoms with Crippen molar-refractivity contribution in [2.24, 2.45) is 0 Å². The molecule has 0 spiro atoms. The van der Waals surface area contributed by atoms with Crippen LogP contribution in [-0.4, -0.2) is 49.4 Å². The Labute approximate surface area is 272 Å². The van der Waals surface area contributed by atoms with Crippen LogP contribution in [0.3, 0.4) is 0 Å². The van der Waals surface area contributed by atoms with Gasteiger partial charge in [-0.25, -0.2) is 0 Å². The van der Waals surface area contributed by atoms with Gasteiger partial charge >= 0.3 is 0 Å². The van der Waals surface area contributed by atoms with Crippen LogP contribution in [0.5, 0.6) is 0 Å². The molecule has 2 rings (SSSR count). The first-order valence-electron chi connectivity index (χ1n) is 18.5. The van der Waals surface area contributed by atoms with Crippen LogP contribution in [0, 0.1) is 0 Å². The average molecular weight is 609 g/mol. The van der Waals surface area contributed by atoms with E-state index >= 15 is 0 Å². The van der Waals surface area contributed by atoms with Crippen LogP contribution in [0.2, 0.25) is 0 Å². The lowest BCUT2D eigenvalue weighted by Crippen LogP contribution is -2.28. The lowest BCUT2D eigenvalue weighted by atomic mass is 10.0. The quantitative estimate of drug-likeness (QED) is 0.0677. The summed E-state index contributed by atoms with van der Waals surface area (Å²) >= 11 is 0. The van der Waals surface area contributed by atoms with Crippen molar-refractivity contribution in [2.75, 3.05) is 39.6 Å². The highest BCUT2D eigenvalue weighted by atomic mass is 16.5. The molecule has 0 saturated heterocycles. The Morgan fingerprint density at radius 2 is 0.705 bits per heavy atom. The Bertz CT molecular complexity index is 823. The minimum Gasteiger partial charge on any atom is -0.361 e. The fourth-order valence-electron chi connectivity index (χ4n) is 5.65. The molecule has 4 nitrogen and oxygen atoms in total. The first kappa shape index (κ1) is 38.5. The average Bonchev–Trinajstić information content (AvgIpc) is 3.05. The van der Waals surface area contributed by atoms with E-state index in [2.05, 4.69) is 86.0 Å². The van der Waals surface area contributed by atoms with E-state index in [-0.39, 0.29) is 0 Å². The summed E-state index contributed by atoms with van der Waals surface area (Å²) in [6.45, 7) is 16.5. The second-order valence-corrected chi connectivity index (χ2v) is 12.8. The SMILES string of the molecule is CCCCCCCCN(CCCC)COCc1ccc(-c2ccc(COCN(CCCC)CCCCCCCC)cc2)cc1. The fourth-order valence-corrected chi connectivity index (χ4v) is 5.65. The second kappa shape index (κ2) is 26.5. The predicted molar refractivity (Wildman–Crippen MR) is 191 cm³/mol. The maximum absolute atomic E-state index is 6.16. The molecule has 0 aliphatic carbocycles. The Hall–Kier alpha value is -1.72. The fraction of sp³-hybridized carbons (Fsp3) is 0.700. The zero-order valence-electron chi connectivity index (χ0n) is 29.3. The first-order valence-corrected chi connectivity index (χ1v) is 18.5. The molecule has 0 bridgehead atoms. The van der Waals surface area contributed by atoms with Gasteiger partial charge < -0.3 is 9.47 Å². The van der Waals surface area contributed by atoms with E-state index in [9.17, 15) is 0 Å². The van der Waals surface area contributed by atoms with E-state index in [1.807, 2.05) is 0 Å². The number of benzene rings is 2. The summed E-state index contributed by atoms with van der Waals surface area (Å²) in [6.07, 6.45) is 21.1. The van der Waals surface area contributed by atoms with Crippen LogP contribution in [0.4, 0.5) is 0 Å². The molecule has 250 valence electrons. The molecule has 2 aromatic carbocycles. The Morgan fingerprint density at radius 1 is 0.386 bits per heavy atom. The maximum Gasteiger partial charge on any atom is 0.0994 e. The first-order chi connectivity index (χ1) is 21.7. The second-order valence-electron chi connectivity index (χ2n) is 12.8. The molecule has 0 N–H and O–H groups in total. The molecule has 0 saturated carbocycles. The summed E-state index contributed by atoms with van der Waals surface area (Å²) in [7, 11) is 0. The molecule has 0 aliphatic heterocycles. The minimum absolute atomic E-state index is 0.670. The zero-order chi connectivity index (χ0) is 31.5. The van der Waals surface area contributed by atoms with Gasteiger partial charge in [0.15, 0.2) is 0 Å². The van der Waals surface area contributed by atoms with Crippen molar-refractivity contribution in [1.82, 2.24) is 9.80 Å². The topological polar surface area (TPSA) is 24.9 Å². The molecule has 0 radical (unpaired) electrons. The lowest BCUT2D eigenvalue weighted by molar-refractivity contribution is 0.0170. The van der Waals surface area contributed by atoms with Gasteiger partial charge in [0, 0.05) is 26.2 Å². The number of unbranched alkanes of at least 4 members (excludes halogenated alkanes) is 12. The monoisotopic (exact) mass is 609 g/mol. The molecule has 44 heavy (non-hydrogen) atoms. The summed E-state index contributed by atoms with van der Waals surface area (Å²) in [5, 5.41) is 0. The van der Waals surface area contributed by atoms with Crippen LogP contribution in [-0.2, 0) is 22.7 Å². The van der Waals surface area contributed by atoms with Crippen molar-refractivity contribution in [3.05, 3.63) is 59.7 Å². The molecule has 0 aliphatic rings. The standard InChI is InChI=1S/C40H68N2O2/c1-5-9-13-15-17-19-31-41(29-11-7-3)35-43-33-37-21-25-39(26-22-37)40-27-23-38(24-28-40)34-44-36-42(30-12-8-4)32-20-18-16-14-10-6-2/h21-28H,5-20,29-36H2,1-4H3. The molecule has 0 unspecified atom stereocenters. The Morgan fingerprint density at radius 3 is 1.07 bits per heavy atom. The predicted octanol–water partition coefficient (Wildman–Crippen LogP) is 11.2. The van der Waals surface area contributed by atoms with Crippen LogP contribution in [0.25, 0.3) is 11.1 Å². The summed E-state index contributed by atoms with van der Waals surface area (Å²) in [5.41, 5.74) is 4.97. The highest BCUT2D eigenvalue weighted by Gasteiger charge is 2.07. The van der Waals surface area contributed by atoms with E-state index in [0.717, 1.165) is 39.6 Å². The van der Waals surface area contributed by atoms with Gasteiger partial charge in [0.25, 0.3) is 0 Å². The van der Waals surface area contributed by atoms with E-state index in [0.29, 0.717) is 13.2 Å².